The molecule has 112 valence electrons. The third-order valence-corrected chi connectivity index (χ3v) is 2.85. The highest BCUT2D eigenvalue weighted by Gasteiger charge is 2.08. The topological polar surface area (TPSA) is 70.6 Å². The molecule has 1 aromatic rings. The van der Waals surface area contributed by atoms with E-state index in [9.17, 15) is 9.90 Å². The highest BCUT2D eigenvalue weighted by molar-refractivity contribution is 5.90. The quantitative estimate of drug-likeness (QED) is 0.685. The van der Waals surface area contributed by atoms with Crippen molar-refractivity contribution in [3.63, 3.8) is 0 Å². The lowest BCUT2D eigenvalue weighted by atomic mass is 10.2. The average Bonchev–Trinajstić information content (AvgIpc) is 2.44. The zero-order valence-electron chi connectivity index (χ0n) is 12.2. The van der Waals surface area contributed by atoms with Crippen LogP contribution in [-0.2, 0) is 11.3 Å². The smallest absolute Gasteiger partial charge is 0.319 e. The fourth-order valence-corrected chi connectivity index (χ4v) is 1.79. The van der Waals surface area contributed by atoms with E-state index in [4.69, 9.17) is 4.74 Å². The van der Waals surface area contributed by atoms with Crippen LogP contribution in [0.15, 0.2) is 24.3 Å². The van der Waals surface area contributed by atoms with Gasteiger partial charge in [-0.15, -0.1) is 0 Å². The maximum atomic E-state index is 11.8. The number of benzene rings is 1. The molecule has 0 aliphatic rings. The Morgan fingerprint density at radius 2 is 2.10 bits per heavy atom. The molecule has 0 aliphatic carbocycles. The molecule has 0 heterocycles. The van der Waals surface area contributed by atoms with Crippen molar-refractivity contribution in [1.29, 1.82) is 0 Å². The van der Waals surface area contributed by atoms with Gasteiger partial charge in [-0.2, -0.15) is 0 Å². The number of aliphatic hydroxyl groups is 1. The molecule has 0 aliphatic heterocycles. The van der Waals surface area contributed by atoms with E-state index in [1.807, 2.05) is 38.1 Å². The van der Waals surface area contributed by atoms with Crippen molar-refractivity contribution in [1.82, 2.24) is 5.32 Å². The lowest BCUT2D eigenvalue weighted by Crippen LogP contribution is -2.35. The van der Waals surface area contributed by atoms with Gasteiger partial charge < -0.3 is 20.5 Å². The monoisotopic (exact) mass is 280 g/mol. The van der Waals surface area contributed by atoms with Crippen molar-refractivity contribution in [2.75, 3.05) is 18.5 Å². The van der Waals surface area contributed by atoms with Crippen molar-refractivity contribution in [2.24, 2.45) is 0 Å². The van der Waals surface area contributed by atoms with Crippen molar-refractivity contribution < 1.29 is 14.6 Å². The Kier molecular flexibility index (Phi) is 7.69. The third-order valence-electron chi connectivity index (χ3n) is 2.85. The minimum atomic E-state index is -0.496. The first-order chi connectivity index (χ1) is 9.67. The molecule has 1 rings (SSSR count). The largest absolute Gasteiger partial charge is 0.391 e. The summed E-state index contributed by atoms with van der Waals surface area (Å²) in [6.45, 7) is 5.27. The maximum Gasteiger partial charge on any atom is 0.319 e. The van der Waals surface area contributed by atoms with Crippen LogP contribution in [-0.4, -0.2) is 30.4 Å². The molecule has 3 N–H and O–H groups in total. The van der Waals surface area contributed by atoms with E-state index in [1.54, 1.807) is 0 Å². The van der Waals surface area contributed by atoms with Gasteiger partial charge in [0.15, 0.2) is 0 Å². The number of carbonyl (C=O) groups is 1. The van der Waals surface area contributed by atoms with Crippen LogP contribution in [0.3, 0.4) is 0 Å². The van der Waals surface area contributed by atoms with Crippen molar-refractivity contribution in [3.05, 3.63) is 29.8 Å². The number of aliphatic hydroxyl groups excluding tert-OH is 1. The van der Waals surface area contributed by atoms with E-state index in [1.165, 1.54) is 0 Å². The number of urea groups is 1. The first kappa shape index (κ1) is 16.5. The molecule has 0 aromatic heterocycles. The number of hydrogen-bond donors (Lipinski definition) is 3. The highest BCUT2D eigenvalue weighted by Crippen LogP contribution is 2.15. The van der Waals surface area contributed by atoms with Gasteiger partial charge in [-0.05, 0) is 19.4 Å². The number of amides is 2. The summed E-state index contributed by atoms with van der Waals surface area (Å²) >= 11 is 0. The second kappa shape index (κ2) is 9.34. The van der Waals surface area contributed by atoms with Crippen molar-refractivity contribution in [2.45, 2.75) is 39.4 Å². The number of ether oxygens (including phenoxy) is 1. The Morgan fingerprint density at radius 3 is 2.80 bits per heavy atom. The van der Waals surface area contributed by atoms with Crippen LogP contribution in [0.25, 0.3) is 0 Å². The van der Waals surface area contributed by atoms with Gasteiger partial charge in [0.1, 0.15) is 0 Å². The summed E-state index contributed by atoms with van der Waals surface area (Å²) in [5.41, 5.74) is 1.65. The van der Waals surface area contributed by atoms with Crippen LogP contribution in [0.2, 0.25) is 0 Å². The van der Waals surface area contributed by atoms with Crippen LogP contribution in [0, 0.1) is 0 Å². The first-order valence-electron chi connectivity index (χ1n) is 7.05. The predicted molar refractivity (Wildman–Crippen MR) is 79.7 cm³/mol. The van der Waals surface area contributed by atoms with Crippen LogP contribution < -0.4 is 10.6 Å². The standard InChI is InChI=1S/C15H24N2O3/c1-3-7-13(18)10-16-15(19)17-14-9-6-5-8-12(14)11-20-4-2/h5-6,8-9,13,18H,3-4,7,10-11H2,1-2H3,(H2,16,17,19). The Balaban J connectivity index is 2.48. The first-order valence-corrected chi connectivity index (χ1v) is 7.05. The van der Waals surface area contributed by atoms with E-state index in [-0.39, 0.29) is 12.6 Å². The second-order valence-corrected chi connectivity index (χ2v) is 4.57. The molecule has 0 bridgehead atoms. The maximum absolute atomic E-state index is 11.8. The number of hydrogen-bond acceptors (Lipinski definition) is 3. The van der Waals surface area contributed by atoms with Crippen molar-refractivity contribution in [3.8, 4) is 0 Å². The van der Waals surface area contributed by atoms with E-state index in [0.717, 1.165) is 17.7 Å². The molecule has 0 saturated carbocycles. The number of carbonyl (C=O) groups excluding carboxylic acids is 1. The Morgan fingerprint density at radius 1 is 1.35 bits per heavy atom. The lowest BCUT2D eigenvalue weighted by molar-refractivity contribution is 0.134. The molecule has 1 unspecified atom stereocenters. The van der Waals surface area contributed by atoms with E-state index >= 15 is 0 Å². The molecule has 20 heavy (non-hydrogen) atoms. The molecule has 5 nitrogen and oxygen atoms in total. The highest BCUT2D eigenvalue weighted by atomic mass is 16.5. The number of para-hydroxylation sites is 1. The van der Waals surface area contributed by atoms with Gasteiger partial charge in [-0.25, -0.2) is 4.79 Å². The molecule has 5 heteroatoms. The summed E-state index contributed by atoms with van der Waals surface area (Å²) in [7, 11) is 0. The van der Waals surface area contributed by atoms with Gasteiger partial charge in [0, 0.05) is 24.4 Å². The van der Waals surface area contributed by atoms with E-state index < -0.39 is 6.10 Å². The SMILES string of the molecule is CCCC(O)CNC(=O)Nc1ccccc1COCC. The summed E-state index contributed by atoms with van der Waals surface area (Å²) in [5.74, 6) is 0. The summed E-state index contributed by atoms with van der Waals surface area (Å²) in [5, 5.41) is 15.0. The number of anilines is 1. The molecule has 1 aromatic carbocycles. The summed E-state index contributed by atoms with van der Waals surface area (Å²) in [6, 6.07) is 7.19. The van der Waals surface area contributed by atoms with Crippen LogP contribution in [0.5, 0.6) is 0 Å². The van der Waals surface area contributed by atoms with Gasteiger partial charge in [0.05, 0.1) is 12.7 Å². The van der Waals surface area contributed by atoms with E-state index in [2.05, 4.69) is 10.6 Å². The molecule has 1 atom stereocenters. The summed E-state index contributed by atoms with van der Waals surface area (Å²) < 4.78 is 5.36. The average molecular weight is 280 g/mol. The van der Waals surface area contributed by atoms with Crippen LogP contribution in [0.4, 0.5) is 10.5 Å². The molecule has 0 radical (unpaired) electrons. The van der Waals surface area contributed by atoms with Crippen LogP contribution in [0.1, 0.15) is 32.3 Å². The molecular weight excluding hydrogens is 256 g/mol. The minimum Gasteiger partial charge on any atom is -0.391 e. The Hall–Kier alpha value is -1.59. The summed E-state index contributed by atoms with van der Waals surface area (Å²) in [4.78, 5) is 11.8. The molecular formula is C15H24N2O3. The second-order valence-electron chi connectivity index (χ2n) is 4.57. The van der Waals surface area contributed by atoms with E-state index in [0.29, 0.717) is 19.6 Å². The van der Waals surface area contributed by atoms with Crippen molar-refractivity contribution >= 4 is 11.7 Å². The zero-order chi connectivity index (χ0) is 14.8. The minimum absolute atomic E-state index is 0.257. The molecule has 0 saturated heterocycles. The van der Waals surface area contributed by atoms with Crippen LogP contribution >= 0.6 is 0 Å². The number of nitrogens with one attached hydrogen (secondary N) is 2. The lowest BCUT2D eigenvalue weighted by Gasteiger charge is -2.14. The van der Waals surface area contributed by atoms with Gasteiger partial charge in [0.2, 0.25) is 0 Å². The summed E-state index contributed by atoms with van der Waals surface area (Å²) in [6.07, 6.45) is 1.08. The van der Waals surface area contributed by atoms with Gasteiger partial charge in [-0.1, -0.05) is 31.5 Å². The Labute approximate surface area is 120 Å². The predicted octanol–water partition coefficient (Wildman–Crippen LogP) is 2.51. The number of rotatable bonds is 8. The van der Waals surface area contributed by atoms with Gasteiger partial charge >= 0.3 is 6.03 Å². The Bertz CT molecular complexity index is 410. The molecule has 2 amide bonds. The third kappa shape index (κ3) is 6.04. The fourth-order valence-electron chi connectivity index (χ4n) is 1.79. The van der Waals surface area contributed by atoms with Gasteiger partial charge in [0.25, 0.3) is 0 Å². The molecule has 0 fully saturated rings. The zero-order valence-corrected chi connectivity index (χ0v) is 12.2. The van der Waals surface area contributed by atoms with Gasteiger partial charge in [-0.3, -0.25) is 0 Å². The molecule has 0 spiro atoms. The fraction of sp³-hybridized carbons (Fsp3) is 0.533. The normalized spacial score (nSPS) is 11.9.